The molecule has 0 N–H and O–H groups in total. The Labute approximate surface area is 284 Å². The third kappa shape index (κ3) is 5.22. The van der Waals surface area contributed by atoms with E-state index in [0.717, 1.165) is 72.3 Å². The fourth-order valence-corrected chi connectivity index (χ4v) is 7.02. The van der Waals surface area contributed by atoms with Crippen molar-refractivity contribution in [2.45, 2.75) is 26.2 Å². The highest BCUT2D eigenvalue weighted by Crippen LogP contribution is 2.41. The lowest BCUT2D eigenvalue weighted by molar-refractivity contribution is 0.669. The summed E-state index contributed by atoms with van der Waals surface area (Å²) in [4.78, 5) is 15.4. The molecule has 4 nitrogen and oxygen atoms in total. The van der Waals surface area contributed by atoms with Crippen LogP contribution in [0, 0.1) is 0 Å². The first-order chi connectivity index (χ1) is 24.2. The van der Waals surface area contributed by atoms with Crippen molar-refractivity contribution in [3.8, 4) is 45.3 Å². The van der Waals surface area contributed by atoms with Crippen LogP contribution in [0.4, 0.5) is 0 Å². The largest absolute Gasteiger partial charge is 0.456 e. The van der Waals surface area contributed by atoms with Crippen LogP contribution in [0.1, 0.15) is 25.3 Å². The number of fused-ring (bicyclic) bond motifs is 5. The van der Waals surface area contributed by atoms with Gasteiger partial charge in [0.25, 0.3) is 0 Å². The number of unbranched alkanes of at least 4 members (excludes halogenated alkanes) is 1. The van der Waals surface area contributed by atoms with Crippen molar-refractivity contribution in [1.82, 2.24) is 15.0 Å². The van der Waals surface area contributed by atoms with Gasteiger partial charge in [-0.05, 0) is 69.3 Å². The molecule has 0 saturated heterocycles. The van der Waals surface area contributed by atoms with Crippen LogP contribution in [-0.2, 0) is 6.42 Å². The van der Waals surface area contributed by atoms with Crippen molar-refractivity contribution in [3.63, 3.8) is 0 Å². The van der Waals surface area contributed by atoms with Crippen molar-refractivity contribution in [2.75, 3.05) is 0 Å². The standard InChI is InChI=1S/C45H33N3O/c1-2-3-11-29-22-24-31(25-23-29)43-46-44(33-27-26-30-12-4-5-13-32(30)28-33)48-45(47-43)38-19-9-15-34-35(16-8-17-36(34)38)37-18-10-21-41-42(37)39-14-6-7-20-40(39)49-41/h4-10,12-28H,2-3,11H2,1H3. The quantitative estimate of drug-likeness (QED) is 0.176. The predicted octanol–water partition coefficient (Wildman–Crippen LogP) is 12.1. The Hall–Kier alpha value is -6.13. The van der Waals surface area contributed by atoms with Crippen molar-refractivity contribution in [2.24, 2.45) is 0 Å². The van der Waals surface area contributed by atoms with Gasteiger partial charge in [0.2, 0.25) is 0 Å². The van der Waals surface area contributed by atoms with Crippen LogP contribution in [-0.4, -0.2) is 15.0 Å². The van der Waals surface area contributed by atoms with E-state index in [2.05, 4.69) is 134 Å². The number of hydrogen-bond acceptors (Lipinski definition) is 4. The minimum absolute atomic E-state index is 0.651. The van der Waals surface area contributed by atoms with Crippen LogP contribution in [0.5, 0.6) is 0 Å². The van der Waals surface area contributed by atoms with E-state index in [4.69, 9.17) is 19.4 Å². The zero-order valence-corrected chi connectivity index (χ0v) is 27.2. The molecule has 0 bridgehead atoms. The molecular formula is C45H33N3O. The molecule has 4 heteroatoms. The summed E-state index contributed by atoms with van der Waals surface area (Å²) in [5.41, 5.74) is 8.29. The second-order valence-electron chi connectivity index (χ2n) is 12.7. The Bertz CT molecular complexity index is 2650. The molecule has 9 rings (SSSR count). The van der Waals surface area contributed by atoms with Gasteiger partial charge in [-0.25, -0.2) is 15.0 Å². The molecule has 0 spiro atoms. The van der Waals surface area contributed by atoms with E-state index in [-0.39, 0.29) is 0 Å². The summed E-state index contributed by atoms with van der Waals surface area (Å²) < 4.78 is 6.26. The van der Waals surface area contributed by atoms with Crippen LogP contribution in [0.15, 0.2) is 150 Å². The van der Waals surface area contributed by atoms with Crippen LogP contribution in [0.3, 0.4) is 0 Å². The van der Waals surface area contributed by atoms with Crippen LogP contribution in [0.2, 0.25) is 0 Å². The van der Waals surface area contributed by atoms with Gasteiger partial charge in [-0.1, -0.05) is 141 Å². The molecule has 0 amide bonds. The van der Waals surface area contributed by atoms with Gasteiger partial charge in [0.05, 0.1) is 0 Å². The molecule has 9 aromatic rings. The number of rotatable bonds is 7. The summed E-state index contributed by atoms with van der Waals surface area (Å²) in [6.07, 6.45) is 3.42. The number of furan rings is 1. The third-order valence-electron chi connectivity index (χ3n) is 9.53. The number of hydrogen-bond donors (Lipinski definition) is 0. The normalized spacial score (nSPS) is 11.6. The van der Waals surface area contributed by atoms with Crippen molar-refractivity contribution in [1.29, 1.82) is 0 Å². The maximum absolute atomic E-state index is 6.26. The summed E-state index contributed by atoms with van der Waals surface area (Å²) in [7, 11) is 0. The lowest BCUT2D eigenvalue weighted by Gasteiger charge is -2.13. The second-order valence-corrected chi connectivity index (χ2v) is 12.7. The predicted molar refractivity (Wildman–Crippen MR) is 202 cm³/mol. The monoisotopic (exact) mass is 631 g/mol. The highest BCUT2D eigenvalue weighted by atomic mass is 16.3. The average Bonchev–Trinajstić information content (AvgIpc) is 3.55. The maximum atomic E-state index is 6.26. The highest BCUT2D eigenvalue weighted by molar-refractivity contribution is 6.16. The van der Waals surface area contributed by atoms with E-state index in [9.17, 15) is 0 Å². The lowest BCUT2D eigenvalue weighted by atomic mass is 9.93. The number of benzene rings is 7. The van der Waals surface area contributed by atoms with Crippen LogP contribution in [0.25, 0.3) is 88.8 Å². The molecule has 0 aliphatic rings. The molecule has 0 atom stereocenters. The molecule has 0 aliphatic carbocycles. The summed E-state index contributed by atoms with van der Waals surface area (Å²) in [6.45, 7) is 2.23. The molecule has 2 heterocycles. The third-order valence-corrected chi connectivity index (χ3v) is 9.53. The van der Waals surface area contributed by atoms with E-state index in [1.807, 2.05) is 18.2 Å². The highest BCUT2D eigenvalue weighted by Gasteiger charge is 2.18. The molecule has 2 aromatic heterocycles. The Morgan fingerprint density at radius 1 is 0.469 bits per heavy atom. The summed E-state index contributed by atoms with van der Waals surface area (Å²) in [5.74, 6) is 1.97. The molecule has 7 aromatic carbocycles. The second kappa shape index (κ2) is 12.1. The Morgan fingerprint density at radius 2 is 1.08 bits per heavy atom. The van der Waals surface area contributed by atoms with Crippen LogP contribution < -0.4 is 0 Å². The number of aryl methyl sites for hydroxylation is 1. The molecule has 0 saturated carbocycles. The SMILES string of the molecule is CCCCc1ccc(-c2nc(-c3ccc4ccccc4c3)nc(-c3cccc4c(-c5cccc6oc7ccccc7c56)cccc34)n2)cc1. The van der Waals surface area contributed by atoms with E-state index >= 15 is 0 Å². The summed E-state index contributed by atoms with van der Waals surface area (Å²) in [6, 6.07) is 51.0. The summed E-state index contributed by atoms with van der Waals surface area (Å²) >= 11 is 0. The zero-order valence-electron chi connectivity index (χ0n) is 27.2. The first-order valence-electron chi connectivity index (χ1n) is 17.0. The average molecular weight is 632 g/mol. The van der Waals surface area contributed by atoms with Crippen LogP contribution >= 0.6 is 0 Å². The first kappa shape index (κ1) is 29.0. The minimum Gasteiger partial charge on any atom is -0.456 e. The van der Waals surface area contributed by atoms with Gasteiger partial charge < -0.3 is 4.42 Å². The Balaban J connectivity index is 1.24. The number of para-hydroxylation sites is 1. The zero-order chi connectivity index (χ0) is 32.7. The van der Waals surface area contributed by atoms with E-state index in [0.29, 0.717) is 17.5 Å². The topological polar surface area (TPSA) is 51.8 Å². The van der Waals surface area contributed by atoms with Gasteiger partial charge in [-0.15, -0.1) is 0 Å². The fraction of sp³-hybridized carbons (Fsp3) is 0.0889. The Morgan fingerprint density at radius 3 is 1.92 bits per heavy atom. The summed E-state index contributed by atoms with van der Waals surface area (Å²) in [5, 5.41) is 6.79. The fourth-order valence-electron chi connectivity index (χ4n) is 7.02. The molecular weight excluding hydrogens is 599 g/mol. The molecule has 0 fully saturated rings. The molecule has 234 valence electrons. The Kier molecular flexibility index (Phi) is 7.20. The molecule has 0 radical (unpaired) electrons. The van der Waals surface area contributed by atoms with Gasteiger partial charge in [-0.2, -0.15) is 0 Å². The van der Waals surface area contributed by atoms with E-state index in [1.165, 1.54) is 23.8 Å². The molecule has 49 heavy (non-hydrogen) atoms. The van der Waals surface area contributed by atoms with E-state index < -0.39 is 0 Å². The van der Waals surface area contributed by atoms with Gasteiger partial charge in [0.1, 0.15) is 11.2 Å². The smallest absolute Gasteiger partial charge is 0.164 e. The van der Waals surface area contributed by atoms with Crippen molar-refractivity contribution >= 4 is 43.5 Å². The lowest BCUT2D eigenvalue weighted by Crippen LogP contribution is -2.01. The minimum atomic E-state index is 0.651. The maximum Gasteiger partial charge on any atom is 0.164 e. The van der Waals surface area contributed by atoms with Crippen molar-refractivity contribution in [3.05, 3.63) is 151 Å². The van der Waals surface area contributed by atoms with Crippen molar-refractivity contribution < 1.29 is 4.42 Å². The van der Waals surface area contributed by atoms with Gasteiger partial charge in [0, 0.05) is 27.5 Å². The molecule has 0 aliphatic heterocycles. The number of aromatic nitrogens is 3. The van der Waals surface area contributed by atoms with Gasteiger partial charge in [0.15, 0.2) is 17.5 Å². The van der Waals surface area contributed by atoms with E-state index in [1.54, 1.807) is 0 Å². The first-order valence-corrected chi connectivity index (χ1v) is 17.0. The molecule has 0 unspecified atom stereocenters. The number of nitrogens with zero attached hydrogens (tertiary/aromatic N) is 3. The van der Waals surface area contributed by atoms with Gasteiger partial charge >= 0.3 is 0 Å². The van der Waals surface area contributed by atoms with Gasteiger partial charge in [-0.3, -0.25) is 0 Å².